The maximum atomic E-state index is 10.9. The Labute approximate surface area is 96.8 Å². The molecular formula is C11H10ClNO3. The molecule has 5 heteroatoms. The van der Waals surface area contributed by atoms with Gasteiger partial charge in [0.15, 0.2) is 0 Å². The van der Waals surface area contributed by atoms with Gasteiger partial charge in [-0.1, -0.05) is 11.6 Å². The molecule has 0 aliphatic heterocycles. The molecule has 4 nitrogen and oxygen atoms in total. The van der Waals surface area contributed by atoms with Crippen LogP contribution in [0, 0.1) is 6.92 Å². The fraction of sp³-hybridized carbons (Fsp3) is 0.182. The summed E-state index contributed by atoms with van der Waals surface area (Å²) >= 11 is 6.09. The predicted molar refractivity (Wildman–Crippen MR) is 61.6 cm³/mol. The Hall–Kier alpha value is -1.68. The summed E-state index contributed by atoms with van der Waals surface area (Å²) in [5.41, 5.74) is 1.53. The van der Waals surface area contributed by atoms with Crippen LogP contribution >= 0.6 is 11.6 Å². The van der Waals surface area contributed by atoms with Gasteiger partial charge < -0.3 is 14.8 Å². The van der Waals surface area contributed by atoms with Crippen molar-refractivity contribution in [3.8, 4) is 5.75 Å². The first-order valence-corrected chi connectivity index (χ1v) is 5.01. The molecule has 2 aromatic rings. The van der Waals surface area contributed by atoms with Gasteiger partial charge in [0.25, 0.3) is 0 Å². The van der Waals surface area contributed by atoms with Crippen LogP contribution in [0.1, 0.15) is 16.1 Å². The fourth-order valence-electron chi connectivity index (χ4n) is 1.64. The molecule has 0 radical (unpaired) electrons. The normalized spacial score (nSPS) is 10.7. The van der Waals surface area contributed by atoms with Crippen molar-refractivity contribution < 1.29 is 14.6 Å². The molecule has 0 fully saturated rings. The number of ether oxygens (including phenoxy) is 1. The highest BCUT2D eigenvalue weighted by Gasteiger charge is 2.14. The van der Waals surface area contributed by atoms with Crippen LogP contribution in [0.2, 0.25) is 5.02 Å². The van der Waals surface area contributed by atoms with Crippen LogP contribution in [-0.4, -0.2) is 23.2 Å². The molecule has 0 saturated carbocycles. The van der Waals surface area contributed by atoms with Crippen LogP contribution in [0.25, 0.3) is 10.9 Å². The number of methoxy groups -OCH3 is 1. The first kappa shape index (κ1) is 10.8. The van der Waals surface area contributed by atoms with Crippen molar-refractivity contribution in [2.24, 2.45) is 0 Å². The van der Waals surface area contributed by atoms with Gasteiger partial charge in [-0.15, -0.1) is 0 Å². The highest BCUT2D eigenvalue weighted by molar-refractivity contribution is 6.36. The number of H-pyrrole nitrogens is 1. The third kappa shape index (κ3) is 1.51. The maximum Gasteiger partial charge on any atom is 0.352 e. The van der Waals surface area contributed by atoms with Crippen LogP contribution in [0.3, 0.4) is 0 Å². The zero-order valence-electron chi connectivity index (χ0n) is 8.80. The number of carbonyl (C=O) groups is 1. The molecule has 1 aromatic carbocycles. The lowest BCUT2D eigenvalue weighted by Crippen LogP contribution is -1.94. The Morgan fingerprint density at radius 3 is 2.75 bits per heavy atom. The molecule has 16 heavy (non-hydrogen) atoms. The van der Waals surface area contributed by atoms with Crippen molar-refractivity contribution in [1.82, 2.24) is 4.98 Å². The standard InChI is InChI=1S/C11H10ClNO3/c1-5-3-8(16-2)6-4-7(11(14)15)13-10(6)9(5)12/h3-4,13H,1-2H3,(H,14,15). The van der Waals surface area contributed by atoms with Gasteiger partial charge in [-0.2, -0.15) is 0 Å². The van der Waals surface area contributed by atoms with E-state index in [1.807, 2.05) is 6.92 Å². The Bertz CT molecular complexity index is 574. The summed E-state index contributed by atoms with van der Waals surface area (Å²) in [6, 6.07) is 3.30. The third-order valence-electron chi connectivity index (χ3n) is 2.45. The van der Waals surface area contributed by atoms with Crippen LogP contribution in [0.15, 0.2) is 12.1 Å². The second-order valence-corrected chi connectivity index (χ2v) is 3.86. The van der Waals surface area contributed by atoms with Crippen LogP contribution in [-0.2, 0) is 0 Å². The number of hydrogen-bond donors (Lipinski definition) is 2. The smallest absolute Gasteiger partial charge is 0.352 e. The molecule has 0 unspecified atom stereocenters. The average molecular weight is 240 g/mol. The quantitative estimate of drug-likeness (QED) is 0.847. The largest absolute Gasteiger partial charge is 0.496 e. The van der Waals surface area contributed by atoms with Crippen molar-refractivity contribution in [2.45, 2.75) is 6.92 Å². The zero-order chi connectivity index (χ0) is 11.9. The lowest BCUT2D eigenvalue weighted by molar-refractivity contribution is 0.0691. The van der Waals surface area contributed by atoms with Gasteiger partial charge in [-0.05, 0) is 24.6 Å². The number of carboxylic acids is 1. The number of aromatic carboxylic acids is 1. The van der Waals surface area contributed by atoms with Gasteiger partial charge in [-0.25, -0.2) is 4.79 Å². The summed E-state index contributed by atoms with van der Waals surface area (Å²) in [6.45, 7) is 1.84. The molecule has 0 atom stereocenters. The van der Waals surface area contributed by atoms with Crippen LogP contribution in [0.5, 0.6) is 5.75 Å². The minimum Gasteiger partial charge on any atom is -0.496 e. The number of aryl methyl sites for hydroxylation is 1. The number of hydrogen-bond acceptors (Lipinski definition) is 2. The van der Waals surface area contributed by atoms with Crippen molar-refractivity contribution >= 4 is 28.5 Å². The van der Waals surface area contributed by atoms with Gasteiger partial charge in [-0.3, -0.25) is 0 Å². The molecule has 1 aromatic heterocycles. The number of fused-ring (bicyclic) bond motifs is 1. The fourth-order valence-corrected chi connectivity index (χ4v) is 1.84. The number of benzene rings is 1. The lowest BCUT2D eigenvalue weighted by Gasteiger charge is -2.05. The third-order valence-corrected chi connectivity index (χ3v) is 2.93. The maximum absolute atomic E-state index is 10.9. The van der Waals surface area contributed by atoms with Crippen molar-refractivity contribution in [3.05, 3.63) is 28.4 Å². The van der Waals surface area contributed by atoms with E-state index in [0.29, 0.717) is 21.7 Å². The van der Waals surface area contributed by atoms with E-state index in [-0.39, 0.29) is 5.69 Å². The van der Waals surface area contributed by atoms with Crippen LogP contribution < -0.4 is 4.74 Å². The lowest BCUT2D eigenvalue weighted by atomic mass is 10.1. The Kier molecular flexibility index (Phi) is 2.52. The topological polar surface area (TPSA) is 62.3 Å². The highest BCUT2D eigenvalue weighted by atomic mass is 35.5. The minimum atomic E-state index is -1.02. The monoisotopic (exact) mass is 239 g/mol. The number of rotatable bonds is 2. The van der Waals surface area contributed by atoms with Crippen LogP contribution in [0.4, 0.5) is 0 Å². The number of carboxylic acid groups (broad SMARTS) is 1. The van der Waals surface area contributed by atoms with E-state index in [0.717, 1.165) is 5.56 Å². The zero-order valence-corrected chi connectivity index (χ0v) is 9.55. The molecular weight excluding hydrogens is 230 g/mol. The van der Waals surface area contributed by atoms with E-state index in [4.69, 9.17) is 21.4 Å². The number of aromatic amines is 1. The van der Waals surface area contributed by atoms with Gasteiger partial charge in [0, 0.05) is 5.39 Å². The molecule has 2 N–H and O–H groups in total. The average Bonchev–Trinajstić information content (AvgIpc) is 2.68. The molecule has 0 amide bonds. The van der Waals surface area contributed by atoms with E-state index >= 15 is 0 Å². The predicted octanol–water partition coefficient (Wildman–Crippen LogP) is 2.84. The molecule has 0 bridgehead atoms. The van der Waals surface area contributed by atoms with E-state index in [9.17, 15) is 4.79 Å². The van der Waals surface area contributed by atoms with Gasteiger partial charge >= 0.3 is 5.97 Å². The summed E-state index contributed by atoms with van der Waals surface area (Å²) in [7, 11) is 1.54. The summed E-state index contributed by atoms with van der Waals surface area (Å²) in [5.74, 6) is -0.410. The molecule has 0 aliphatic rings. The summed E-state index contributed by atoms with van der Waals surface area (Å²) < 4.78 is 5.18. The number of halogens is 1. The molecule has 2 rings (SSSR count). The highest BCUT2D eigenvalue weighted by Crippen LogP contribution is 2.34. The molecule has 84 valence electrons. The SMILES string of the molecule is COc1cc(C)c(Cl)c2[nH]c(C(=O)O)cc12. The van der Waals surface area contributed by atoms with Crippen molar-refractivity contribution in [2.75, 3.05) is 7.11 Å². The van der Waals surface area contributed by atoms with E-state index < -0.39 is 5.97 Å². The second kappa shape index (κ2) is 3.72. The van der Waals surface area contributed by atoms with E-state index in [2.05, 4.69) is 4.98 Å². The second-order valence-electron chi connectivity index (χ2n) is 3.49. The summed E-state index contributed by atoms with van der Waals surface area (Å²) in [4.78, 5) is 13.6. The number of nitrogens with one attached hydrogen (secondary N) is 1. The van der Waals surface area contributed by atoms with Crippen molar-refractivity contribution in [3.63, 3.8) is 0 Å². The molecule has 1 heterocycles. The first-order valence-electron chi connectivity index (χ1n) is 4.63. The van der Waals surface area contributed by atoms with Gasteiger partial charge in [0.05, 0.1) is 17.6 Å². The van der Waals surface area contributed by atoms with Crippen molar-refractivity contribution in [1.29, 1.82) is 0 Å². The summed E-state index contributed by atoms with van der Waals surface area (Å²) in [6.07, 6.45) is 0. The number of aromatic nitrogens is 1. The van der Waals surface area contributed by atoms with Gasteiger partial charge in [0.2, 0.25) is 0 Å². The Morgan fingerprint density at radius 1 is 1.50 bits per heavy atom. The van der Waals surface area contributed by atoms with E-state index in [1.165, 1.54) is 13.2 Å². The molecule has 0 aliphatic carbocycles. The van der Waals surface area contributed by atoms with E-state index in [1.54, 1.807) is 6.07 Å². The van der Waals surface area contributed by atoms with Gasteiger partial charge in [0.1, 0.15) is 11.4 Å². The molecule has 0 spiro atoms. The summed E-state index contributed by atoms with van der Waals surface area (Å²) in [5, 5.41) is 10.1. The first-order chi connectivity index (χ1) is 7.54. The Balaban J connectivity index is 2.83. The molecule has 0 saturated heterocycles. The minimum absolute atomic E-state index is 0.0980. The Morgan fingerprint density at radius 2 is 2.19 bits per heavy atom.